The molecule has 3 unspecified atom stereocenters. The smallest absolute Gasteiger partial charge is 0.150 e. The minimum absolute atomic E-state index is 0.0158. The highest BCUT2D eigenvalue weighted by Crippen LogP contribution is 2.37. The van der Waals surface area contributed by atoms with Crippen LogP contribution in [0.15, 0.2) is 11.7 Å². The molecule has 0 aromatic carbocycles. The molecule has 0 spiro atoms. The lowest BCUT2D eigenvalue weighted by molar-refractivity contribution is 0.277. The van der Waals surface area contributed by atoms with Gasteiger partial charge in [-0.05, 0) is 25.2 Å². The Morgan fingerprint density at radius 3 is 2.89 bits per heavy atom. The summed E-state index contributed by atoms with van der Waals surface area (Å²) in [6.07, 6.45) is 6.55. The third-order valence-electron chi connectivity index (χ3n) is 3.68. The van der Waals surface area contributed by atoms with Gasteiger partial charge in [-0.15, -0.1) is 11.3 Å². The first-order valence-corrected chi connectivity index (χ1v) is 8.89. The van der Waals surface area contributed by atoms with Crippen LogP contribution >= 0.6 is 11.3 Å². The Bertz CT molecular complexity index is 472. The molecular formula is C11H19N3O2S2. The van der Waals surface area contributed by atoms with Crippen LogP contribution in [-0.2, 0) is 9.84 Å². The zero-order chi connectivity index (χ0) is 13.2. The van der Waals surface area contributed by atoms with E-state index in [1.807, 2.05) is 0 Å². The predicted molar refractivity (Wildman–Crippen MR) is 72.8 cm³/mol. The largest absolute Gasteiger partial charge is 0.271 e. The number of nitrogens with one attached hydrogen (secondary N) is 1. The van der Waals surface area contributed by atoms with Crippen LogP contribution in [0.1, 0.15) is 36.6 Å². The lowest BCUT2D eigenvalue weighted by Gasteiger charge is -2.32. The number of nitrogens with zero attached hydrogens (tertiary/aromatic N) is 1. The predicted octanol–water partition coefficient (Wildman–Crippen LogP) is 1.25. The molecular weight excluding hydrogens is 270 g/mol. The lowest BCUT2D eigenvalue weighted by atomic mass is 9.83. The zero-order valence-corrected chi connectivity index (χ0v) is 12.0. The van der Waals surface area contributed by atoms with E-state index >= 15 is 0 Å². The number of aromatic nitrogens is 1. The zero-order valence-electron chi connectivity index (χ0n) is 10.4. The van der Waals surface area contributed by atoms with E-state index in [1.54, 1.807) is 23.0 Å². The second-order valence-electron chi connectivity index (χ2n) is 4.93. The number of thiazole rings is 1. The summed E-state index contributed by atoms with van der Waals surface area (Å²) < 4.78 is 23.3. The Morgan fingerprint density at radius 2 is 2.33 bits per heavy atom. The van der Waals surface area contributed by atoms with Crippen molar-refractivity contribution < 1.29 is 8.42 Å². The summed E-state index contributed by atoms with van der Waals surface area (Å²) in [7, 11) is -2.95. The van der Waals surface area contributed by atoms with Crippen molar-refractivity contribution in [3.8, 4) is 0 Å². The fourth-order valence-electron chi connectivity index (χ4n) is 2.70. The van der Waals surface area contributed by atoms with Crippen LogP contribution in [0.25, 0.3) is 0 Å². The fraction of sp³-hybridized carbons (Fsp3) is 0.727. The molecule has 1 aromatic heterocycles. The van der Waals surface area contributed by atoms with E-state index in [0.717, 1.165) is 24.1 Å². The molecule has 1 aliphatic carbocycles. The molecule has 5 nitrogen and oxygen atoms in total. The van der Waals surface area contributed by atoms with Gasteiger partial charge in [0.1, 0.15) is 9.84 Å². The maximum Gasteiger partial charge on any atom is 0.150 e. The van der Waals surface area contributed by atoms with E-state index < -0.39 is 9.84 Å². The molecule has 0 saturated heterocycles. The summed E-state index contributed by atoms with van der Waals surface area (Å²) in [6, 6.07) is 0.0158. The van der Waals surface area contributed by atoms with E-state index in [9.17, 15) is 8.42 Å². The van der Waals surface area contributed by atoms with E-state index in [4.69, 9.17) is 5.84 Å². The summed E-state index contributed by atoms with van der Waals surface area (Å²) >= 11 is 1.55. The van der Waals surface area contributed by atoms with Crippen molar-refractivity contribution in [2.45, 2.75) is 37.0 Å². The van der Waals surface area contributed by atoms with Gasteiger partial charge in [0.05, 0.1) is 16.8 Å². The molecule has 7 heteroatoms. The minimum atomic E-state index is -2.95. The van der Waals surface area contributed by atoms with Crippen molar-refractivity contribution >= 4 is 21.2 Å². The molecule has 3 N–H and O–H groups in total. The second kappa shape index (κ2) is 5.64. The van der Waals surface area contributed by atoms with Crippen LogP contribution in [-0.4, -0.2) is 24.9 Å². The number of sulfone groups is 1. The number of hydrogen-bond donors (Lipinski definition) is 2. The first-order chi connectivity index (χ1) is 8.52. The quantitative estimate of drug-likeness (QED) is 0.643. The van der Waals surface area contributed by atoms with Gasteiger partial charge in [-0.25, -0.2) is 8.42 Å². The highest BCUT2D eigenvalue weighted by Gasteiger charge is 2.33. The number of hydrogen-bond acceptors (Lipinski definition) is 6. The number of hydrazine groups is 1. The van der Waals surface area contributed by atoms with Crippen LogP contribution < -0.4 is 11.3 Å². The Labute approximate surface area is 112 Å². The summed E-state index contributed by atoms with van der Waals surface area (Å²) in [5.74, 6) is 5.90. The number of nitrogens with two attached hydrogens (primary N) is 1. The van der Waals surface area contributed by atoms with Crippen molar-refractivity contribution in [1.82, 2.24) is 10.4 Å². The Balaban J connectivity index is 2.12. The fourth-order valence-corrected chi connectivity index (χ4v) is 4.67. The topological polar surface area (TPSA) is 85.1 Å². The third-order valence-corrected chi connectivity index (χ3v) is 6.18. The van der Waals surface area contributed by atoms with E-state index in [2.05, 4.69) is 10.4 Å². The molecule has 1 aliphatic rings. The molecule has 1 aromatic rings. The van der Waals surface area contributed by atoms with Crippen molar-refractivity contribution in [1.29, 1.82) is 0 Å². The SMILES string of the molecule is CS(=O)(=O)C1CCCC(C(NN)c2cncs2)C1. The monoisotopic (exact) mass is 289 g/mol. The lowest BCUT2D eigenvalue weighted by Crippen LogP contribution is -2.38. The van der Waals surface area contributed by atoms with Gasteiger partial charge in [-0.3, -0.25) is 16.3 Å². The Hall–Kier alpha value is -0.500. The molecule has 1 saturated carbocycles. The molecule has 0 aliphatic heterocycles. The molecule has 0 radical (unpaired) electrons. The summed E-state index contributed by atoms with van der Waals surface area (Å²) in [5, 5.41) is -0.222. The summed E-state index contributed by atoms with van der Waals surface area (Å²) in [4.78, 5) is 5.14. The van der Waals surface area contributed by atoms with Crippen molar-refractivity contribution in [2.24, 2.45) is 11.8 Å². The molecule has 2 rings (SSSR count). The van der Waals surface area contributed by atoms with Gasteiger partial charge < -0.3 is 0 Å². The van der Waals surface area contributed by atoms with E-state index in [-0.39, 0.29) is 17.2 Å². The van der Waals surface area contributed by atoms with Gasteiger partial charge >= 0.3 is 0 Å². The van der Waals surface area contributed by atoms with Gasteiger partial charge in [0.2, 0.25) is 0 Å². The average molecular weight is 289 g/mol. The van der Waals surface area contributed by atoms with Crippen molar-refractivity contribution in [3.05, 3.63) is 16.6 Å². The Morgan fingerprint density at radius 1 is 1.56 bits per heavy atom. The van der Waals surface area contributed by atoms with E-state index in [0.29, 0.717) is 6.42 Å². The van der Waals surface area contributed by atoms with Gasteiger partial charge in [-0.2, -0.15) is 0 Å². The van der Waals surface area contributed by atoms with Crippen molar-refractivity contribution in [2.75, 3.05) is 6.26 Å². The molecule has 1 fully saturated rings. The molecule has 3 atom stereocenters. The number of rotatable bonds is 4. The molecule has 0 bridgehead atoms. The summed E-state index contributed by atoms with van der Waals surface area (Å²) in [6.45, 7) is 0. The standard InChI is InChI=1S/C11H19N3O2S2/c1-18(15,16)9-4-2-3-8(5-9)11(14-12)10-6-13-7-17-10/h6-9,11,14H,2-5,12H2,1H3. The molecule has 102 valence electrons. The maximum atomic E-state index is 11.7. The first kappa shape index (κ1) is 13.9. The van der Waals surface area contributed by atoms with Crippen LogP contribution in [0.5, 0.6) is 0 Å². The Kier molecular flexibility index (Phi) is 4.37. The van der Waals surface area contributed by atoms with Crippen LogP contribution in [0.4, 0.5) is 0 Å². The summed E-state index contributed by atoms with van der Waals surface area (Å²) in [5.41, 5.74) is 4.60. The minimum Gasteiger partial charge on any atom is -0.271 e. The first-order valence-electron chi connectivity index (χ1n) is 6.05. The van der Waals surface area contributed by atoms with Crippen LogP contribution in [0.2, 0.25) is 0 Å². The van der Waals surface area contributed by atoms with E-state index in [1.165, 1.54) is 6.26 Å². The highest BCUT2D eigenvalue weighted by molar-refractivity contribution is 7.91. The van der Waals surface area contributed by atoms with Gasteiger partial charge in [0.15, 0.2) is 0 Å². The maximum absolute atomic E-state index is 11.7. The highest BCUT2D eigenvalue weighted by atomic mass is 32.2. The van der Waals surface area contributed by atoms with Gasteiger partial charge in [0, 0.05) is 17.3 Å². The van der Waals surface area contributed by atoms with Crippen LogP contribution in [0, 0.1) is 5.92 Å². The third kappa shape index (κ3) is 3.09. The average Bonchev–Trinajstić information content (AvgIpc) is 2.83. The normalized spacial score (nSPS) is 27.0. The van der Waals surface area contributed by atoms with Gasteiger partial charge in [0.25, 0.3) is 0 Å². The molecule has 18 heavy (non-hydrogen) atoms. The van der Waals surface area contributed by atoms with Crippen molar-refractivity contribution in [3.63, 3.8) is 0 Å². The van der Waals surface area contributed by atoms with Crippen LogP contribution in [0.3, 0.4) is 0 Å². The molecule has 0 amide bonds. The second-order valence-corrected chi connectivity index (χ2v) is 8.17. The van der Waals surface area contributed by atoms with Gasteiger partial charge in [-0.1, -0.05) is 6.42 Å². The molecule has 1 heterocycles.